The topological polar surface area (TPSA) is 43.4 Å². The van der Waals surface area contributed by atoms with Crippen LogP contribution < -0.4 is 14.8 Å². The van der Waals surface area contributed by atoms with Crippen molar-refractivity contribution in [3.8, 4) is 11.5 Å². The Hall–Kier alpha value is -1.65. The third kappa shape index (κ3) is 3.22. The van der Waals surface area contributed by atoms with Gasteiger partial charge in [-0.2, -0.15) is 0 Å². The minimum absolute atomic E-state index is 0.406. The maximum absolute atomic E-state index is 6.10. The Bertz CT molecular complexity index is 591. The van der Waals surface area contributed by atoms with Crippen LogP contribution in [0.15, 0.2) is 30.5 Å². The Morgan fingerprint density at radius 2 is 1.79 bits per heavy atom. The standard InChI is InChI=1S/C13H12Cl2N2O2/c1-18-11-7-12(19-2)10(6-9(11)14)17-8-3-4-16-13(15)5-8/h3-7H,1-2H3,(H,16,17). The van der Waals surface area contributed by atoms with Crippen LogP contribution in [0.3, 0.4) is 0 Å². The average Bonchev–Trinajstić information content (AvgIpc) is 2.39. The van der Waals surface area contributed by atoms with Crippen molar-refractivity contribution < 1.29 is 9.47 Å². The Kier molecular flexibility index (Phi) is 4.35. The zero-order valence-corrected chi connectivity index (χ0v) is 11.9. The minimum atomic E-state index is 0.406. The predicted molar refractivity (Wildman–Crippen MR) is 77.1 cm³/mol. The van der Waals surface area contributed by atoms with Crippen LogP contribution in [0.2, 0.25) is 10.2 Å². The highest BCUT2D eigenvalue weighted by Gasteiger charge is 2.10. The molecule has 1 heterocycles. The molecule has 0 unspecified atom stereocenters. The van der Waals surface area contributed by atoms with Crippen molar-refractivity contribution in [2.24, 2.45) is 0 Å². The maximum Gasteiger partial charge on any atom is 0.146 e. The van der Waals surface area contributed by atoms with Gasteiger partial charge in [-0.1, -0.05) is 23.2 Å². The number of benzene rings is 1. The number of nitrogens with one attached hydrogen (secondary N) is 1. The highest BCUT2D eigenvalue weighted by molar-refractivity contribution is 6.32. The summed E-state index contributed by atoms with van der Waals surface area (Å²) in [4.78, 5) is 3.92. The number of hydrogen-bond acceptors (Lipinski definition) is 4. The number of anilines is 2. The average molecular weight is 299 g/mol. The van der Waals surface area contributed by atoms with Crippen LogP contribution >= 0.6 is 23.2 Å². The Labute approximate surface area is 121 Å². The van der Waals surface area contributed by atoms with Crippen LogP contribution in [0.5, 0.6) is 11.5 Å². The number of pyridine rings is 1. The van der Waals surface area contributed by atoms with Crippen molar-refractivity contribution in [2.75, 3.05) is 19.5 Å². The quantitative estimate of drug-likeness (QED) is 0.861. The number of aromatic nitrogens is 1. The van der Waals surface area contributed by atoms with E-state index in [1.54, 1.807) is 44.7 Å². The molecule has 0 saturated heterocycles. The number of hydrogen-bond donors (Lipinski definition) is 1. The smallest absolute Gasteiger partial charge is 0.146 e. The molecule has 2 rings (SSSR count). The van der Waals surface area contributed by atoms with Crippen LogP contribution in [0.4, 0.5) is 11.4 Å². The zero-order chi connectivity index (χ0) is 13.8. The number of nitrogens with zero attached hydrogens (tertiary/aromatic N) is 1. The predicted octanol–water partition coefficient (Wildman–Crippen LogP) is 4.15. The van der Waals surface area contributed by atoms with Gasteiger partial charge in [0, 0.05) is 18.0 Å². The first-order valence-corrected chi connectivity index (χ1v) is 6.19. The second-order valence-corrected chi connectivity index (χ2v) is 4.47. The van der Waals surface area contributed by atoms with Gasteiger partial charge in [0.1, 0.15) is 16.7 Å². The van der Waals surface area contributed by atoms with Gasteiger partial charge in [-0.3, -0.25) is 0 Å². The number of methoxy groups -OCH3 is 2. The monoisotopic (exact) mass is 298 g/mol. The molecule has 1 N–H and O–H groups in total. The zero-order valence-electron chi connectivity index (χ0n) is 10.4. The van der Waals surface area contributed by atoms with Crippen molar-refractivity contribution in [3.05, 3.63) is 40.6 Å². The molecule has 100 valence electrons. The molecule has 6 heteroatoms. The summed E-state index contributed by atoms with van der Waals surface area (Å²) >= 11 is 11.9. The van der Waals surface area contributed by atoms with Crippen LogP contribution in [0.25, 0.3) is 0 Å². The number of halogens is 2. The molecule has 0 amide bonds. The van der Waals surface area contributed by atoms with E-state index in [0.29, 0.717) is 21.7 Å². The fourth-order valence-corrected chi connectivity index (χ4v) is 2.01. The van der Waals surface area contributed by atoms with Crippen molar-refractivity contribution in [3.63, 3.8) is 0 Å². The first kappa shape index (κ1) is 13.8. The fraction of sp³-hybridized carbons (Fsp3) is 0.154. The summed E-state index contributed by atoms with van der Waals surface area (Å²) in [5.41, 5.74) is 1.51. The van der Waals surface area contributed by atoms with Gasteiger partial charge in [-0.05, 0) is 18.2 Å². The van der Waals surface area contributed by atoms with Crippen LogP contribution in [0, 0.1) is 0 Å². The van der Waals surface area contributed by atoms with Crippen LogP contribution in [-0.4, -0.2) is 19.2 Å². The number of rotatable bonds is 4. The van der Waals surface area contributed by atoms with E-state index in [4.69, 9.17) is 32.7 Å². The van der Waals surface area contributed by atoms with Crippen LogP contribution in [0.1, 0.15) is 0 Å². The summed E-state index contributed by atoms with van der Waals surface area (Å²) in [6.07, 6.45) is 1.61. The minimum Gasteiger partial charge on any atom is -0.495 e. The second kappa shape index (κ2) is 5.99. The van der Waals surface area contributed by atoms with Crippen molar-refractivity contribution in [1.29, 1.82) is 0 Å². The molecular formula is C13H12Cl2N2O2. The number of ether oxygens (including phenoxy) is 2. The van der Waals surface area contributed by atoms with E-state index in [1.165, 1.54) is 0 Å². The molecule has 0 aliphatic rings. The molecule has 0 saturated carbocycles. The Morgan fingerprint density at radius 3 is 2.42 bits per heavy atom. The van der Waals surface area contributed by atoms with E-state index in [0.717, 1.165) is 11.4 Å². The molecule has 0 aliphatic carbocycles. The lowest BCUT2D eigenvalue weighted by Gasteiger charge is -2.13. The first-order valence-electron chi connectivity index (χ1n) is 5.44. The van der Waals surface area contributed by atoms with E-state index in [-0.39, 0.29) is 0 Å². The van der Waals surface area contributed by atoms with E-state index in [2.05, 4.69) is 10.3 Å². The lowest BCUT2D eigenvalue weighted by atomic mass is 10.2. The molecule has 0 spiro atoms. The normalized spacial score (nSPS) is 10.1. The van der Waals surface area contributed by atoms with Gasteiger partial charge >= 0.3 is 0 Å². The summed E-state index contributed by atoms with van der Waals surface area (Å²) in [6.45, 7) is 0. The molecule has 19 heavy (non-hydrogen) atoms. The molecule has 0 bridgehead atoms. The molecule has 0 radical (unpaired) electrons. The molecule has 0 aliphatic heterocycles. The molecule has 0 atom stereocenters. The van der Waals surface area contributed by atoms with E-state index < -0.39 is 0 Å². The summed E-state index contributed by atoms with van der Waals surface area (Å²) in [5.74, 6) is 1.17. The molecule has 1 aromatic heterocycles. The maximum atomic E-state index is 6.10. The SMILES string of the molecule is COc1cc(OC)c(Nc2ccnc(Cl)c2)cc1Cl. The van der Waals surface area contributed by atoms with E-state index in [9.17, 15) is 0 Å². The van der Waals surface area contributed by atoms with Gasteiger partial charge in [0.15, 0.2) is 0 Å². The third-order valence-electron chi connectivity index (χ3n) is 2.48. The van der Waals surface area contributed by atoms with Crippen molar-refractivity contribution in [2.45, 2.75) is 0 Å². The molecule has 0 fully saturated rings. The van der Waals surface area contributed by atoms with Gasteiger partial charge in [0.25, 0.3) is 0 Å². The van der Waals surface area contributed by atoms with Crippen molar-refractivity contribution >= 4 is 34.6 Å². The third-order valence-corrected chi connectivity index (χ3v) is 2.98. The van der Waals surface area contributed by atoms with Gasteiger partial charge in [0.05, 0.1) is 24.9 Å². The van der Waals surface area contributed by atoms with E-state index in [1.807, 2.05) is 0 Å². The highest BCUT2D eigenvalue weighted by atomic mass is 35.5. The summed E-state index contributed by atoms with van der Waals surface area (Å²) < 4.78 is 10.4. The van der Waals surface area contributed by atoms with Gasteiger partial charge in [-0.25, -0.2) is 4.98 Å². The van der Waals surface area contributed by atoms with Gasteiger partial charge < -0.3 is 14.8 Å². The fourth-order valence-electron chi connectivity index (χ4n) is 1.59. The Balaban J connectivity index is 2.36. The van der Waals surface area contributed by atoms with Crippen LogP contribution in [-0.2, 0) is 0 Å². The molecule has 4 nitrogen and oxygen atoms in total. The van der Waals surface area contributed by atoms with Gasteiger partial charge in [0.2, 0.25) is 0 Å². The van der Waals surface area contributed by atoms with Crippen molar-refractivity contribution in [1.82, 2.24) is 4.98 Å². The summed E-state index contributed by atoms with van der Waals surface area (Å²) in [5, 5.41) is 4.06. The lowest BCUT2D eigenvalue weighted by Crippen LogP contribution is -1.96. The second-order valence-electron chi connectivity index (χ2n) is 3.68. The summed E-state index contributed by atoms with van der Waals surface area (Å²) in [6, 6.07) is 6.95. The largest absolute Gasteiger partial charge is 0.495 e. The Morgan fingerprint density at radius 1 is 1.05 bits per heavy atom. The summed E-state index contributed by atoms with van der Waals surface area (Å²) in [7, 11) is 3.13. The molecular weight excluding hydrogens is 287 g/mol. The lowest BCUT2D eigenvalue weighted by molar-refractivity contribution is 0.396. The highest BCUT2D eigenvalue weighted by Crippen LogP contribution is 2.37. The van der Waals surface area contributed by atoms with E-state index >= 15 is 0 Å². The molecule has 1 aromatic carbocycles. The first-order chi connectivity index (χ1) is 9.13. The molecule has 2 aromatic rings. The van der Waals surface area contributed by atoms with Gasteiger partial charge in [-0.15, -0.1) is 0 Å².